The molecular formula is C22H28N2O5S. The van der Waals surface area contributed by atoms with Gasteiger partial charge in [0.2, 0.25) is 10.0 Å². The first-order chi connectivity index (χ1) is 14.4. The molecule has 1 aliphatic rings. The minimum Gasteiger partial charge on any atom is -0.496 e. The minimum atomic E-state index is -3.83. The predicted molar refractivity (Wildman–Crippen MR) is 114 cm³/mol. The molecule has 2 aromatic carbocycles. The average molecular weight is 433 g/mol. The van der Waals surface area contributed by atoms with Crippen LogP contribution in [0.2, 0.25) is 0 Å². The first-order valence-corrected chi connectivity index (χ1v) is 11.4. The smallest absolute Gasteiger partial charge is 0.337 e. The number of likely N-dealkylation sites (tertiary alicyclic amines) is 1. The van der Waals surface area contributed by atoms with E-state index in [4.69, 9.17) is 9.47 Å². The summed E-state index contributed by atoms with van der Waals surface area (Å²) in [5, 5.41) is 0. The molecule has 0 spiro atoms. The summed E-state index contributed by atoms with van der Waals surface area (Å²) in [5.74, 6) is 0.160. The molecule has 0 bridgehead atoms. The lowest BCUT2D eigenvalue weighted by atomic mass is 10.0. The Balaban J connectivity index is 1.89. The number of hydrogen-bond acceptors (Lipinski definition) is 6. The number of methoxy groups -OCH3 is 2. The maximum absolute atomic E-state index is 13.1. The van der Waals surface area contributed by atoms with E-state index in [1.54, 1.807) is 26.2 Å². The third kappa shape index (κ3) is 4.83. The van der Waals surface area contributed by atoms with Crippen molar-refractivity contribution in [1.29, 1.82) is 0 Å². The van der Waals surface area contributed by atoms with Crippen molar-refractivity contribution in [2.45, 2.75) is 30.7 Å². The van der Waals surface area contributed by atoms with E-state index in [-0.39, 0.29) is 23.0 Å². The highest BCUT2D eigenvalue weighted by molar-refractivity contribution is 7.89. The monoisotopic (exact) mass is 432 g/mol. The van der Waals surface area contributed by atoms with Crippen molar-refractivity contribution < 1.29 is 22.7 Å². The molecule has 0 amide bonds. The molecule has 0 saturated carbocycles. The Morgan fingerprint density at radius 3 is 2.50 bits per heavy atom. The van der Waals surface area contributed by atoms with Gasteiger partial charge in [-0.05, 0) is 56.6 Å². The third-order valence-electron chi connectivity index (χ3n) is 5.44. The Labute approximate surface area is 178 Å². The van der Waals surface area contributed by atoms with E-state index < -0.39 is 16.0 Å². The van der Waals surface area contributed by atoms with Crippen LogP contribution in [0, 0.1) is 6.92 Å². The lowest BCUT2D eigenvalue weighted by Gasteiger charge is -2.29. The van der Waals surface area contributed by atoms with Gasteiger partial charge < -0.3 is 9.47 Å². The fourth-order valence-corrected chi connectivity index (χ4v) is 5.14. The Hall–Kier alpha value is -2.42. The first kappa shape index (κ1) is 22.3. The Morgan fingerprint density at radius 2 is 1.83 bits per heavy atom. The summed E-state index contributed by atoms with van der Waals surface area (Å²) in [4.78, 5) is 14.2. The molecule has 1 aliphatic heterocycles. The average Bonchev–Trinajstić information content (AvgIpc) is 3.28. The van der Waals surface area contributed by atoms with Gasteiger partial charge in [0.15, 0.2) is 0 Å². The van der Waals surface area contributed by atoms with Crippen molar-refractivity contribution in [3.05, 3.63) is 59.2 Å². The number of esters is 1. The second-order valence-corrected chi connectivity index (χ2v) is 9.06. The summed E-state index contributed by atoms with van der Waals surface area (Å²) in [6.45, 7) is 3.71. The lowest BCUT2D eigenvalue weighted by molar-refractivity contribution is 0.0600. The number of nitrogens with zero attached hydrogens (tertiary/aromatic N) is 1. The van der Waals surface area contributed by atoms with Crippen molar-refractivity contribution in [2.24, 2.45) is 0 Å². The standard InChI is InChI=1S/C22H28N2O5S/c1-16-10-11-17(22(25)29-3)14-21(16)30(26,27)23-15-19(24-12-6-7-13-24)18-8-4-5-9-20(18)28-2/h4-5,8-11,14,19,23H,6-7,12-13,15H2,1-3H3/t19-/m0/s1. The number of carbonyl (C=O) groups is 1. The molecule has 0 radical (unpaired) electrons. The summed E-state index contributed by atoms with van der Waals surface area (Å²) in [5.41, 5.74) is 1.71. The van der Waals surface area contributed by atoms with E-state index in [0.717, 1.165) is 37.2 Å². The number of carbonyl (C=O) groups excluding carboxylic acids is 1. The molecule has 0 aliphatic carbocycles. The van der Waals surface area contributed by atoms with E-state index in [1.807, 2.05) is 24.3 Å². The number of ether oxygens (including phenoxy) is 2. The van der Waals surface area contributed by atoms with Gasteiger partial charge in [0, 0.05) is 12.1 Å². The van der Waals surface area contributed by atoms with Crippen LogP contribution in [0.5, 0.6) is 5.75 Å². The molecule has 162 valence electrons. The molecule has 1 N–H and O–H groups in total. The SMILES string of the molecule is COC(=O)c1ccc(C)c(S(=O)(=O)NC[C@@H](c2ccccc2OC)N2CCCC2)c1. The van der Waals surface area contributed by atoms with Gasteiger partial charge in [0.25, 0.3) is 0 Å². The molecular weight excluding hydrogens is 404 g/mol. The van der Waals surface area contributed by atoms with E-state index >= 15 is 0 Å². The number of hydrogen-bond donors (Lipinski definition) is 1. The number of sulfonamides is 1. The maximum Gasteiger partial charge on any atom is 0.337 e. The highest BCUT2D eigenvalue weighted by Gasteiger charge is 2.28. The van der Waals surface area contributed by atoms with Crippen molar-refractivity contribution in [2.75, 3.05) is 33.9 Å². The molecule has 1 atom stereocenters. The Bertz CT molecular complexity index is 1000. The summed E-state index contributed by atoms with van der Waals surface area (Å²) in [6, 6.07) is 12.1. The first-order valence-electron chi connectivity index (χ1n) is 9.93. The number of benzene rings is 2. The normalized spacial score (nSPS) is 15.7. The van der Waals surface area contributed by atoms with Crippen LogP contribution in [0.25, 0.3) is 0 Å². The van der Waals surface area contributed by atoms with Gasteiger partial charge in [-0.3, -0.25) is 4.90 Å². The highest BCUT2D eigenvalue weighted by Crippen LogP contribution is 2.31. The fraction of sp³-hybridized carbons (Fsp3) is 0.409. The Kier molecular flexibility index (Phi) is 7.12. The predicted octanol–water partition coefficient (Wildman–Crippen LogP) is 2.91. The van der Waals surface area contributed by atoms with E-state index in [2.05, 4.69) is 9.62 Å². The molecule has 30 heavy (non-hydrogen) atoms. The zero-order valence-electron chi connectivity index (χ0n) is 17.6. The van der Waals surface area contributed by atoms with Crippen molar-refractivity contribution in [1.82, 2.24) is 9.62 Å². The van der Waals surface area contributed by atoms with Gasteiger partial charge in [0.1, 0.15) is 5.75 Å². The van der Waals surface area contributed by atoms with Crippen LogP contribution in [0.1, 0.15) is 40.4 Å². The summed E-state index contributed by atoms with van der Waals surface area (Å²) < 4.78 is 39.2. The number of nitrogens with one attached hydrogen (secondary N) is 1. The van der Waals surface area contributed by atoms with Crippen LogP contribution in [0.4, 0.5) is 0 Å². The molecule has 7 nitrogen and oxygen atoms in total. The van der Waals surface area contributed by atoms with Crippen LogP contribution in [0.3, 0.4) is 0 Å². The molecule has 1 fully saturated rings. The summed E-state index contributed by atoms with van der Waals surface area (Å²) >= 11 is 0. The fourth-order valence-electron chi connectivity index (χ4n) is 3.83. The van der Waals surface area contributed by atoms with Gasteiger partial charge in [-0.1, -0.05) is 24.3 Å². The maximum atomic E-state index is 13.1. The summed E-state index contributed by atoms with van der Waals surface area (Å²) in [7, 11) is -0.949. The van der Waals surface area contributed by atoms with Gasteiger partial charge in [-0.15, -0.1) is 0 Å². The zero-order chi connectivity index (χ0) is 21.7. The quantitative estimate of drug-likeness (QED) is 0.646. The van der Waals surface area contributed by atoms with Crippen LogP contribution in [0.15, 0.2) is 47.4 Å². The molecule has 2 aromatic rings. The molecule has 0 aromatic heterocycles. The van der Waals surface area contributed by atoms with E-state index in [0.29, 0.717) is 5.56 Å². The van der Waals surface area contributed by atoms with Crippen LogP contribution >= 0.6 is 0 Å². The van der Waals surface area contributed by atoms with Gasteiger partial charge in [0.05, 0.1) is 30.7 Å². The molecule has 8 heteroatoms. The second-order valence-electron chi connectivity index (χ2n) is 7.32. The third-order valence-corrected chi connectivity index (χ3v) is 7.01. The molecule has 0 unspecified atom stereocenters. The van der Waals surface area contributed by atoms with Crippen molar-refractivity contribution in [3.8, 4) is 5.75 Å². The van der Waals surface area contributed by atoms with Crippen LogP contribution < -0.4 is 9.46 Å². The van der Waals surface area contributed by atoms with Gasteiger partial charge >= 0.3 is 5.97 Å². The lowest BCUT2D eigenvalue weighted by Crippen LogP contribution is -2.37. The number of rotatable bonds is 8. The highest BCUT2D eigenvalue weighted by atomic mass is 32.2. The minimum absolute atomic E-state index is 0.0746. The Morgan fingerprint density at radius 1 is 1.13 bits per heavy atom. The number of aryl methyl sites for hydroxylation is 1. The van der Waals surface area contributed by atoms with Gasteiger partial charge in [-0.25, -0.2) is 17.9 Å². The zero-order valence-corrected chi connectivity index (χ0v) is 18.4. The van der Waals surface area contributed by atoms with Crippen LogP contribution in [-0.2, 0) is 14.8 Å². The van der Waals surface area contributed by atoms with E-state index in [1.165, 1.54) is 13.2 Å². The number of para-hydroxylation sites is 1. The van der Waals surface area contributed by atoms with E-state index in [9.17, 15) is 13.2 Å². The van der Waals surface area contributed by atoms with Crippen molar-refractivity contribution >= 4 is 16.0 Å². The van der Waals surface area contributed by atoms with Crippen molar-refractivity contribution in [3.63, 3.8) is 0 Å². The second kappa shape index (κ2) is 9.59. The molecule has 3 rings (SSSR count). The largest absolute Gasteiger partial charge is 0.496 e. The molecule has 1 saturated heterocycles. The van der Waals surface area contributed by atoms with Gasteiger partial charge in [-0.2, -0.15) is 0 Å². The van der Waals surface area contributed by atoms with Crippen LogP contribution in [-0.4, -0.2) is 53.1 Å². The topological polar surface area (TPSA) is 84.9 Å². The summed E-state index contributed by atoms with van der Waals surface area (Å²) in [6.07, 6.45) is 2.16. The molecule has 1 heterocycles.